The molecule has 0 bridgehead atoms. The van der Waals surface area contributed by atoms with Gasteiger partial charge in [0.05, 0.1) is 10.9 Å². The van der Waals surface area contributed by atoms with Crippen molar-refractivity contribution in [1.82, 2.24) is 15.2 Å². The van der Waals surface area contributed by atoms with E-state index in [1.54, 1.807) is 11.3 Å². The lowest BCUT2D eigenvalue weighted by molar-refractivity contribution is -0.126. The fourth-order valence-corrected chi connectivity index (χ4v) is 3.29. The molecule has 19 heavy (non-hydrogen) atoms. The van der Waals surface area contributed by atoms with Crippen molar-refractivity contribution in [1.29, 1.82) is 0 Å². The van der Waals surface area contributed by atoms with Crippen LogP contribution in [0.25, 0.3) is 0 Å². The zero-order chi connectivity index (χ0) is 13.7. The van der Waals surface area contributed by atoms with Crippen molar-refractivity contribution in [2.75, 3.05) is 26.2 Å². The van der Waals surface area contributed by atoms with E-state index in [9.17, 15) is 4.79 Å². The fraction of sp³-hybridized carbons (Fsp3) is 0.692. The number of nitrogens with zero attached hydrogens (tertiary/aromatic N) is 2. The van der Waals surface area contributed by atoms with Crippen molar-refractivity contribution in [3.05, 3.63) is 16.1 Å². The summed E-state index contributed by atoms with van der Waals surface area (Å²) in [4.78, 5) is 19.9. The van der Waals surface area contributed by atoms with Crippen LogP contribution in [0.1, 0.15) is 22.7 Å². The Morgan fingerprint density at radius 2 is 2.53 bits per heavy atom. The highest BCUT2D eigenvalue weighted by Gasteiger charge is 2.25. The van der Waals surface area contributed by atoms with Gasteiger partial charge in [-0.1, -0.05) is 0 Å². The maximum Gasteiger partial charge on any atom is 0.224 e. The normalized spacial score (nSPS) is 20.4. The second-order valence-corrected chi connectivity index (χ2v) is 6.32. The standard InChI is InChI=1S/C13H22N4OS/c1-10-16-7-12(19-10)9-17-6-2-3-11(8-17)13(18)15-5-4-14/h7,11H,2-6,8-9,14H2,1H3,(H,15,18). The van der Waals surface area contributed by atoms with E-state index in [2.05, 4.69) is 15.2 Å². The summed E-state index contributed by atoms with van der Waals surface area (Å²) in [7, 11) is 0. The summed E-state index contributed by atoms with van der Waals surface area (Å²) in [6.07, 6.45) is 4.01. The highest BCUT2D eigenvalue weighted by atomic mass is 32.1. The molecule has 1 unspecified atom stereocenters. The molecule has 106 valence electrons. The molecule has 5 nitrogen and oxygen atoms in total. The van der Waals surface area contributed by atoms with Crippen molar-refractivity contribution in [2.45, 2.75) is 26.3 Å². The van der Waals surface area contributed by atoms with Gasteiger partial charge in [0, 0.05) is 37.3 Å². The number of carbonyl (C=O) groups excluding carboxylic acids is 1. The molecular formula is C13H22N4OS. The minimum Gasteiger partial charge on any atom is -0.355 e. The highest BCUT2D eigenvalue weighted by Crippen LogP contribution is 2.21. The molecule has 1 aromatic rings. The van der Waals surface area contributed by atoms with Crippen molar-refractivity contribution >= 4 is 17.2 Å². The molecule has 1 aromatic heterocycles. The Morgan fingerprint density at radius 3 is 3.21 bits per heavy atom. The smallest absolute Gasteiger partial charge is 0.224 e. The molecule has 0 spiro atoms. The Morgan fingerprint density at radius 1 is 1.68 bits per heavy atom. The zero-order valence-corrected chi connectivity index (χ0v) is 12.2. The second kappa shape index (κ2) is 6.98. The van der Waals surface area contributed by atoms with Crippen molar-refractivity contribution in [3.63, 3.8) is 0 Å². The number of hydrogen-bond acceptors (Lipinski definition) is 5. The average molecular weight is 282 g/mol. The number of nitrogens with one attached hydrogen (secondary N) is 1. The van der Waals surface area contributed by atoms with Crippen LogP contribution in [-0.2, 0) is 11.3 Å². The predicted molar refractivity (Wildman–Crippen MR) is 76.9 cm³/mol. The Balaban J connectivity index is 1.84. The van der Waals surface area contributed by atoms with E-state index in [-0.39, 0.29) is 11.8 Å². The fourth-order valence-electron chi connectivity index (χ4n) is 2.45. The molecule has 1 saturated heterocycles. The van der Waals surface area contributed by atoms with Crippen molar-refractivity contribution in [2.24, 2.45) is 11.7 Å². The largest absolute Gasteiger partial charge is 0.355 e. The van der Waals surface area contributed by atoms with Crippen LogP contribution in [0.5, 0.6) is 0 Å². The molecule has 1 aliphatic rings. The van der Waals surface area contributed by atoms with E-state index in [1.807, 2.05) is 13.1 Å². The van der Waals surface area contributed by atoms with E-state index in [0.29, 0.717) is 13.1 Å². The topological polar surface area (TPSA) is 71.2 Å². The summed E-state index contributed by atoms with van der Waals surface area (Å²) in [5.41, 5.74) is 5.41. The van der Waals surface area contributed by atoms with Crippen LogP contribution in [-0.4, -0.2) is 42.0 Å². The van der Waals surface area contributed by atoms with Gasteiger partial charge in [-0.05, 0) is 26.3 Å². The van der Waals surface area contributed by atoms with Crippen LogP contribution in [0.3, 0.4) is 0 Å². The van der Waals surface area contributed by atoms with E-state index < -0.39 is 0 Å². The monoisotopic (exact) mass is 282 g/mol. The van der Waals surface area contributed by atoms with Crippen LogP contribution in [0, 0.1) is 12.8 Å². The molecule has 0 saturated carbocycles. The predicted octanol–water partition coefficient (Wildman–Crippen LogP) is 0.738. The van der Waals surface area contributed by atoms with Gasteiger partial charge in [-0.25, -0.2) is 4.98 Å². The number of piperidine rings is 1. The van der Waals surface area contributed by atoms with Crippen molar-refractivity contribution < 1.29 is 4.79 Å². The first-order chi connectivity index (χ1) is 9.19. The summed E-state index contributed by atoms with van der Waals surface area (Å²) in [6, 6.07) is 0. The molecular weight excluding hydrogens is 260 g/mol. The van der Waals surface area contributed by atoms with Gasteiger partial charge in [0.15, 0.2) is 0 Å². The first-order valence-corrected chi connectivity index (χ1v) is 7.62. The van der Waals surface area contributed by atoms with Gasteiger partial charge in [-0.3, -0.25) is 9.69 Å². The summed E-state index contributed by atoms with van der Waals surface area (Å²) >= 11 is 1.74. The molecule has 0 aromatic carbocycles. The number of hydrogen-bond donors (Lipinski definition) is 2. The number of rotatable bonds is 5. The molecule has 2 heterocycles. The molecule has 2 rings (SSSR count). The van der Waals surface area contributed by atoms with Crippen LogP contribution in [0.2, 0.25) is 0 Å². The SMILES string of the molecule is Cc1ncc(CN2CCCC(C(=O)NCCN)C2)s1. The lowest BCUT2D eigenvalue weighted by Crippen LogP contribution is -2.43. The third-order valence-electron chi connectivity index (χ3n) is 3.37. The Hall–Kier alpha value is -0.980. The first-order valence-electron chi connectivity index (χ1n) is 6.80. The number of likely N-dealkylation sites (tertiary alicyclic amines) is 1. The Bertz CT molecular complexity index is 421. The number of aromatic nitrogens is 1. The number of aryl methyl sites for hydroxylation is 1. The summed E-state index contributed by atoms with van der Waals surface area (Å²) < 4.78 is 0. The summed E-state index contributed by atoms with van der Waals surface area (Å²) in [6.45, 7) is 5.91. The van der Waals surface area contributed by atoms with Gasteiger partial charge < -0.3 is 11.1 Å². The number of nitrogens with two attached hydrogens (primary N) is 1. The lowest BCUT2D eigenvalue weighted by atomic mass is 9.97. The molecule has 6 heteroatoms. The molecule has 3 N–H and O–H groups in total. The van der Waals surface area contributed by atoms with Crippen LogP contribution < -0.4 is 11.1 Å². The summed E-state index contributed by atoms with van der Waals surface area (Å²) in [5, 5.41) is 3.99. The number of thiazole rings is 1. The average Bonchev–Trinajstić information content (AvgIpc) is 2.81. The Labute approximate surface area is 118 Å². The van der Waals surface area contributed by atoms with Gasteiger partial charge in [-0.2, -0.15) is 0 Å². The Kier molecular flexibility index (Phi) is 5.30. The van der Waals surface area contributed by atoms with Gasteiger partial charge in [-0.15, -0.1) is 11.3 Å². The zero-order valence-electron chi connectivity index (χ0n) is 11.4. The third-order valence-corrected chi connectivity index (χ3v) is 4.27. The lowest BCUT2D eigenvalue weighted by Gasteiger charge is -2.31. The minimum absolute atomic E-state index is 0.106. The van der Waals surface area contributed by atoms with Gasteiger partial charge in [0.2, 0.25) is 5.91 Å². The number of carbonyl (C=O) groups is 1. The minimum atomic E-state index is 0.106. The van der Waals surface area contributed by atoms with Gasteiger partial charge in [0.1, 0.15) is 0 Å². The van der Waals surface area contributed by atoms with Crippen molar-refractivity contribution in [3.8, 4) is 0 Å². The summed E-state index contributed by atoms with van der Waals surface area (Å²) in [5.74, 6) is 0.255. The maximum absolute atomic E-state index is 12.0. The van der Waals surface area contributed by atoms with Crippen LogP contribution in [0.15, 0.2) is 6.20 Å². The molecule has 1 fully saturated rings. The van der Waals surface area contributed by atoms with Gasteiger partial charge in [0.25, 0.3) is 0 Å². The third kappa shape index (κ3) is 4.26. The second-order valence-electron chi connectivity index (χ2n) is 5.00. The maximum atomic E-state index is 12.0. The van der Waals surface area contributed by atoms with E-state index in [4.69, 9.17) is 5.73 Å². The molecule has 1 amide bonds. The number of amides is 1. The van der Waals surface area contributed by atoms with Crippen LogP contribution >= 0.6 is 11.3 Å². The van der Waals surface area contributed by atoms with Gasteiger partial charge >= 0.3 is 0 Å². The quantitative estimate of drug-likeness (QED) is 0.835. The van der Waals surface area contributed by atoms with E-state index >= 15 is 0 Å². The van der Waals surface area contributed by atoms with E-state index in [1.165, 1.54) is 4.88 Å². The molecule has 1 aliphatic heterocycles. The molecule has 1 atom stereocenters. The van der Waals surface area contributed by atoms with E-state index in [0.717, 1.165) is 37.5 Å². The molecule has 0 radical (unpaired) electrons. The van der Waals surface area contributed by atoms with Crippen LogP contribution in [0.4, 0.5) is 0 Å². The first kappa shape index (κ1) is 14.4. The highest BCUT2D eigenvalue weighted by molar-refractivity contribution is 7.11. The molecule has 0 aliphatic carbocycles.